The lowest BCUT2D eigenvalue weighted by Gasteiger charge is -2.22. The lowest BCUT2D eigenvalue weighted by molar-refractivity contribution is 0.339. The number of hydrogen-bond donors (Lipinski definition) is 2. The number of hydrazine groups is 1. The highest BCUT2D eigenvalue weighted by Crippen LogP contribution is 2.25. The Morgan fingerprint density at radius 2 is 1.89 bits per heavy atom. The van der Waals surface area contributed by atoms with Gasteiger partial charge >= 0.3 is 0 Å². The van der Waals surface area contributed by atoms with Gasteiger partial charge in [0.2, 0.25) is 0 Å². The van der Waals surface area contributed by atoms with Gasteiger partial charge in [-0.3, -0.25) is 11.3 Å². The molecule has 0 aliphatic rings. The first kappa shape index (κ1) is 16.0. The first-order valence-corrected chi connectivity index (χ1v) is 8.03. The van der Waals surface area contributed by atoms with Crippen LogP contribution in [0.2, 0.25) is 0 Å². The van der Waals surface area contributed by atoms with Crippen molar-refractivity contribution in [2.24, 2.45) is 11.3 Å². The molecule has 1 rings (SSSR count). The fourth-order valence-corrected chi connectivity index (χ4v) is 2.80. The molecular formula is C14H23BrN2S. The largest absolute Gasteiger partial charge is 0.271 e. The summed E-state index contributed by atoms with van der Waals surface area (Å²) in [6.45, 7) is 6.80. The topological polar surface area (TPSA) is 38.0 Å². The van der Waals surface area contributed by atoms with E-state index in [2.05, 4.69) is 66.4 Å². The van der Waals surface area contributed by atoms with Crippen molar-refractivity contribution in [2.45, 2.75) is 44.6 Å². The SMILES string of the molecule is CC(C)(C)CCC(CSc1ccc(Br)cc1)NN. The first-order chi connectivity index (χ1) is 8.40. The minimum Gasteiger partial charge on any atom is -0.271 e. The molecule has 0 aliphatic heterocycles. The second-order valence-electron chi connectivity index (χ2n) is 5.73. The van der Waals surface area contributed by atoms with Crippen LogP contribution >= 0.6 is 27.7 Å². The van der Waals surface area contributed by atoms with Gasteiger partial charge in [-0.1, -0.05) is 36.7 Å². The minimum atomic E-state index is 0.372. The van der Waals surface area contributed by atoms with Gasteiger partial charge < -0.3 is 0 Å². The van der Waals surface area contributed by atoms with Crippen molar-refractivity contribution in [1.82, 2.24) is 5.43 Å². The Hall–Kier alpha value is -0.0300. The lowest BCUT2D eigenvalue weighted by atomic mass is 9.89. The van der Waals surface area contributed by atoms with Crippen LogP contribution in [-0.4, -0.2) is 11.8 Å². The van der Waals surface area contributed by atoms with Crippen molar-refractivity contribution >= 4 is 27.7 Å². The fourth-order valence-electron chi connectivity index (χ4n) is 1.55. The molecule has 0 spiro atoms. The van der Waals surface area contributed by atoms with Crippen molar-refractivity contribution in [3.63, 3.8) is 0 Å². The summed E-state index contributed by atoms with van der Waals surface area (Å²) in [7, 11) is 0. The van der Waals surface area contributed by atoms with Crippen molar-refractivity contribution in [2.75, 3.05) is 5.75 Å². The van der Waals surface area contributed by atoms with E-state index in [1.165, 1.54) is 11.3 Å². The van der Waals surface area contributed by atoms with Crippen molar-refractivity contribution in [1.29, 1.82) is 0 Å². The zero-order valence-electron chi connectivity index (χ0n) is 11.4. The lowest BCUT2D eigenvalue weighted by Crippen LogP contribution is -2.37. The van der Waals surface area contributed by atoms with Crippen LogP contribution in [0.15, 0.2) is 33.6 Å². The quantitative estimate of drug-likeness (QED) is 0.466. The van der Waals surface area contributed by atoms with E-state index >= 15 is 0 Å². The van der Waals surface area contributed by atoms with E-state index in [0.717, 1.165) is 16.6 Å². The molecule has 1 unspecified atom stereocenters. The highest BCUT2D eigenvalue weighted by Gasteiger charge is 2.14. The van der Waals surface area contributed by atoms with E-state index < -0.39 is 0 Å². The maximum absolute atomic E-state index is 5.62. The van der Waals surface area contributed by atoms with Crippen LogP contribution < -0.4 is 11.3 Å². The number of thioether (sulfide) groups is 1. The van der Waals surface area contributed by atoms with Crippen LogP contribution in [-0.2, 0) is 0 Å². The molecule has 1 aromatic rings. The summed E-state index contributed by atoms with van der Waals surface area (Å²) in [6.07, 6.45) is 2.30. The summed E-state index contributed by atoms with van der Waals surface area (Å²) in [6, 6.07) is 8.78. The number of rotatable bonds is 6. The summed E-state index contributed by atoms with van der Waals surface area (Å²) < 4.78 is 1.12. The molecule has 0 amide bonds. The van der Waals surface area contributed by atoms with Gasteiger partial charge in [0.25, 0.3) is 0 Å². The molecule has 0 heterocycles. The standard InChI is InChI=1S/C14H23BrN2S/c1-14(2,3)9-8-12(17-16)10-18-13-6-4-11(15)5-7-13/h4-7,12,17H,8-10,16H2,1-3H3. The Morgan fingerprint density at radius 1 is 1.28 bits per heavy atom. The van der Waals surface area contributed by atoms with Crippen molar-refractivity contribution < 1.29 is 0 Å². The third kappa shape index (κ3) is 6.78. The van der Waals surface area contributed by atoms with E-state index in [9.17, 15) is 0 Å². The van der Waals surface area contributed by atoms with Crippen molar-refractivity contribution in [3.05, 3.63) is 28.7 Å². The minimum absolute atomic E-state index is 0.372. The van der Waals surface area contributed by atoms with Gasteiger partial charge in [0.05, 0.1) is 0 Å². The Bertz CT molecular complexity index is 346. The number of nitrogens with one attached hydrogen (secondary N) is 1. The summed E-state index contributed by atoms with van der Waals surface area (Å²) in [5.41, 5.74) is 3.30. The van der Waals surface area contributed by atoms with Crippen LogP contribution in [0.1, 0.15) is 33.6 Å². The molecule has 0 fully saturated rings. The van der Waals surface area contributed by atoms with Crippen molar-refractivity contribution in [3.8, 4) is 0 Å². The average Bonchev–Trinajstić information content (AvgIpc) is 2.30. The highest BCUT2D eigenvalue weighted by atomic mass is 79.9. The fraction of sp³-hybridized carbons (Fsp3) is 0.571. The van der Waals surface area contributed by atoms with Gasteiger partial charge in [-0.2, -0.15) is 0 Å². The van der Waals surface area contributed by atoms with E-state index in [1.807, 2.05) is 11.8 Å². The Morgan fingerprint density at radius 3 is 2.39 bits per heavy atom. The van der Waals surface area contributed by atoms with Crippen LogP contribution in [0.25, 0.3) is 0 Å². The number of hydrogen-bond acceptors (Lipinski definition) is 3. The molecule has 18 heavy (non-hydrogen) atoms. The molecule has 4 heteroatoms. The number of benzene rings is 1. The van der Waals surface area contributed by atoms with Gasteiger partial charge in [-0.05, 0) is 42.5 Å². The van der Waals surface area contributed by atoms with Gasteiger partial charge in [0.15, 0.2) is 0 Å². The predicted molar refractivity (Wildman–Crippen MR) is 84.7 cm³/mol. The molecule has 1 aromatic carbocycles. The molecule has 3 N–H and O–H groups in total. The third-order valence-electron chi connectivity index (χ3n) is 2.74. The van der Waals surface area contributed by atoms with Gasteiger partial charge in [0.1, 0.15) is 0 Å². The average molecular weight is 331 g/mol. The molecule has 102 valence electrons. The Balaban J connectivity index is 2.37. The summed E-state index contributed by atoms with van der Waals surface area (Å²) in [5.74, 6) is 6.63. The van der Waals surface area contributed by atoms with Crippen LogP contribution in [0.3, 0.4) is 0 Å². The predicted octanol–water partition coefficient (Wildman–Crippen LogP) is 4.20. The molecule has 2 nitrogen and oxygen atoms in total. The zero-order valence-corrected chi connectivity index (χ0v) is 13.8. The number of nitrogens with two attached hydrogens (primary N) is 1. The summed E-state index contributed by atoms with van der Waals surface area (Å²) in [4.78, 5) is 1.29. The molecule has 0 bridgehead atoms. The Labute approximate surface area is 123 Å². The summed E-state index contributed by atoms with van der Waals surface area (Å²) >= 11 is 5.29. The van der Waals surface area contributed by atoms with Crippen LogP contribution in [0.4, 0.5) is 0 Å². The van der Waals surface area contributed by atoms with E-state index in [0.29, 0.717) is 11.5 Å². The maximum atomic E-state index is 5.62. The molecule has 1 atom stereocenters. The van der Waals surface area contributed by atoms with E-state index in [4.69, 9.17) is 5.84 Å². The molecule has 0 aromatic heterocycles. The zero-order chi connectivity index (χ0) is 13.6. The normalized spacial score (nSPS) is 13.6. The van der Waals surface area contributed by atoms with Gasteiger partial charge in [-0.25, -0.2) is 0 Å². The molecule has 0 saturated carbocycles. The summed E-state index contributed by atoms with van der Waals surface area (Å²) in [5, 5.41) is 0. The second kappa shape index (κ2) is 7.53. The van der Waals surface area contributed by atoms with E-state index in [1.54, 1.807) is 0 Å². The van der Waals surface area contributed by atoms with Crippen LogP contribution in [0, 0.1) is 5.41 Å². The third-order valence-corrected chi connectivity index (χ3v) is 4.45. The van der Waals surface area contributed by atoms with E-state index in [-0.39, 0.29) is 0 Å². The monoisotopic (exact) mass is 330 g/mol. The van der Waals surface area contributed by atoms with Crippen LogP contribution in [0.5, 0.6) is 0 Å². The van der Waals surface area contributed by atoms with Gasteiger partial charge in [-0.15, -0.1) is 11.8 Å². The number of halogens is 1. The van der Waals surface area contributed by atoms with Gasteiger partial charge in [0, 0.05) is 21.2 Å². The molecule has 0 radical (unpaired) electrons. The smallest absolute Gasteiger partial charge is 0.0304 e. The Kier molecular flexibility index (Phi) is 6.71. The molecular weight excluding hydrogens is 308 g/mol. The molecule has 0 aliphatic carbocycles. The second-order valence-corrected chi connectivity index (χ2v) is 7.74. The maximum Gasteiger partial charge on any atom is 0.0304 e. The molecule has 0 saturated heterocycles. The highest BCUT2D eigenvalue weighted by molar-refractivity contribution is 9.10. The first-order valence-electron chi connectivity index (χ1n) is 6.25.